The van der Waals surface area contributed by atoms with Gasteiger partial charge in [-0.05, 0) is 99.7 Å². The summed E-state index contributed by atoms with van der Waals surface area (Å²) in [5.74, 6) is 0. The predicted molar refractivity (Wildman–Crippen MR) is 226 cm³/mol. The van der Waals surface area contributed by atoms with Crippen LogP contribution in [0.25, 0.3) is 0 Å². The smallest absolute Gasteiger partial charge is 1.00 e. The van der Waals surface area contributed by atoms with E-state index < -0.39 is 14.5 Å². The van der Waals surface area contributed by atoms with Gasteiger partial charge in [-0.25, -0.2) is 0 Å². The van der Waals surface area contributed by atoms with Gasteiger partial charge in [-0.3, -0.25) is 4.79 Å². The Balaban J connectivity index is 0. The maximum Gasteiger partial charge on any atom is 1.00 e. The van der Waals surface area contributed by atoms with Gasteiger partial charge in [-0.2, -0.15) is 0 Å². The molecule has 0 atom stereocenters. The molecule has 0 aliphatic heterocycles. The molecule has 0 saturated heterocycles. The Morgan fingerprint density at radius 3 is 0.893 bits per heavy atom. The van der Waals surface area contributed by atoms with E-state index in [9.17, 15) is 0 Å². The molecule has 0 radical (unpaired) electrons. The summed E-state index contributed by atoms with van der Waals surface area (Å²) in [7, 11) is 1.11. The van der Waals surface area contributed by atoms with Gasteiger partial charge in [0.25, 0.3) is 6.47 Å². The van der Waals surface area contributed by atoms with Crippen LogP contribution < -0.4 is 130 Å². The SMILES string of the molecule is CCCC[P+](c1ccccc1)(c1ccccc1)c1ccccc1.CN(C)CCC[P+](c1ccccc1)(c1ccccc1)c1ccccc1.O=CO[O-].[Br-].[Br-].[H-].[Na+].[Na+]. The van der Waals surface area contributed by atoms with Crippen molar-refractivity contribution in [1.82, 2.24) is 4.90 Å². The first-order valence-electron chi connectivity index (χ1n) is 18.0. The fourth-order valence-corrected chi connectivity index (χ4v) is 15.6. The van der Waals surface area contributed by atoms with Gasteiger partial charge < -0.3 is 50.4 Å². The summed E-state index contributed by atoms with van der Waals surface area (Å²) in [6.07, 6.45) is 6.12. The topological polar surface area (TPSA) is 52.6 Å². The van der Waals surface area contributed by atoms with E-state index >= 15 is 0 Å². The standard InChI is InChI=1S/C23H27NP.C22H24P.CH2O3.2BrH.2Na.H/c1-24(2)19-12-20-25(21-13-6-3-7-14-21,22-15-8-4-9-16-22)23-17-10-5-11-18-23;1-2-3-19-23(20-13-7-4-8-14-20,21-15-9-5-10-16-21)22-17-11-6-12-18-22;2-1-4-3;;;;;/h3-11,13-18H,12,19-20H2,1-2H3;4-18H,2-3,19H2,1H3;1,3H;2*1H;;;/q2*+1;;;;2*+1;-1/p-3. The summed E-state index contributed by atoms with van der Waals surface area (Å²) in [6.45, 7) is 3.23. The molecule has 0 spiro atoms. The van der Waals surface area contributed by atoms with Crippen LogP contribution in [0.3, 0.4) is 0 Å². The van der Waals surface area contributed by atoms with Crippen LogP contribution in [0.5, 0.6) is 0 Å². The first kappa shape index (κ1) is 54.5. The molecule has 0 aliphatic carbocycles. The zero-order chi connectivity index (χ0) is 36.9. The van der Waals surface area contributed by atoms with Crippen molar-refractivity contribution in [2.45, 2.75) is 26.2 Å². The van der Waals surface area contributed by atoms with E-state index in [1.165, 1.54) is 63.4 Å². The van der Waals surface area contributed by atoms with E-state index in [-0.39, 0.29) is 101 Å². The maximum absolute atomic E-state index is 8.64. The Morgan fingerprint density at radius 1 is 0.500 bits per heavy atom. The number of hydrogen-bond donors (Lipinski definition) is 0. The van der Waals surface area contributed by atoms with E-state index in [2.05, 4.69) is 213 Å². The van der Waals surface area contributed by atoms with Crippen LogP contribution in [0.15, 0.2) is 182 Å². The summed E-state index contributed by atoms with van der Waals surface area (Å²) in [5.41, 5.74) is 0. The number of hydrogen-bond acceptors (Lipinski definition) is 4. The van der Waals surface area contributed by atoms with Crippen LogP contribution in [0.2, 0.25) is 0 Å². The van der Waals surface area contributed by atoms with Crippen molar-refractivity contribution >= 4 is 52.8 Å². The molecule has 6 aromatic carbocycles. The van der Waals surface area contributed by atoms with Crippen LogP contribution in [0, 0.1) is 0 Å². The molecule has 0 aromatic heterocycles. The molecule has 0 bridgehead atoms. The van der Waals surface area contributed by atoms with Gasteiger partial charge in [0.05, 0.1) is 12.3 Å². The fourth-order valence-electron chi connectivity index (χ4n) is 6.78. The molecule has 286 valence electrons. The normalized spacial score (nSPS) is 10.2. The Morgan fingerprint density at radius 2 is 0.714 bits per heavy atom. The van der Waals surface area contributed by atoms with Crippen molar-refractivity contribution in [3.63, 3.8) is 0 Å². The molecule has 10 heteroatoms. The second kappa shape index (κ2) is 30.6. The molecule has 6 aromatic rings. The summed E-state index contributed by atoms with van der Waals surface area (Å²) < 4.78 is 0. The van der Waals surface area contributed by atoms with Crippen LogP contribution in [-0.2, 0) is 9.68 Å². The van der Waals surface area contributed by atoms with Gasteiger partial charge in [-0.1, -0.05) is 123 Å². The molecule has 56 heavy (non-hydrogen) atoms. The third kappa shape index (κ3) is 15.3. The van der Waals surface area contributed by atoms with Crippen molar-refractivity contribution in [3.05, 3.63) is 182 Å². The van der Waals surface area contributed by atoms with Gasteiger partial charge in [0, 0.05) is 6.54 Å². The van der Waals surface area contributed by atoms with E-state index in [1.54, 1.807) is 0 Å². The molecular formula is C46H53Br2NNa2O3P2. The summed E-state index contributed by atoms with van der Waals surface area (Å²) >= 11 is 0. The van der Waals surface area contributed by atoms with Gasteiger partial charge >= 0.3 is 59.1 Å². The quantitative estimate of drug-likeness (QED) is 0.0363. The molecule has 0 heterocycles. The predicted octanol–water partition coefficient (Wildman–Crippen LogP) is -4.72. The number of halogens is 2. The van der Waals surface area contributed by atoms with Crippen LogP contribution >= 0.6 is 14.5 Å². The number of carbonyl (C=O) groups excluding carboxylic acids is 1. The average Bonchev–Trinajstić information content (AvgIpc) is 3.22. The first-order valence-corrected chi connectivity index (χ1v) is 21.9. The summed E-state index contributed by atoms with van der Waals surface area (Å²) in [6, 6.07) is 66.8. The minimum absolute atomic E-state index is 0. The third-order valence-electron chi connectivity index (χ3n) is 9.17. The number of rotatable bonds is 14. The molecule has 0 aliphatic rings. The maximum atomic E-state index is 8.64. The molecule has 0 N–H and O–H groups in total. The third-order valence-corrected chi connectivity index (χ3v) is 18.2. The van der Waals surface area contributed by atoms with Gasteiger partial charge in [0.15, 0.2) is 0 Å². The zero-order valence-corrected chi connectivity index (χ0v) is 42.4. The molecule has 0 amide bonds. The Hall–Kier alpha value is -1.47. The molecular weight excluding hydrogens is 882 g/mol. The fraction of sp³-hybridized carbons (Fsp3) is 0.196. The van der Waals surface area contributed by atoms with E-state index in [0.29, 0.717) is 0 Å². The second-order valence-corrected chi connectivity index (χ2v) is 20.0. The number of carbonyl (C=O) groups is 1. The zero-order valence-electron chi connectivity index (χ0n) is 34.5. The molecule has 0 fully saturated rings. The summed E-state index contributed by atoms with van der Waals surface area (Å²) in [5, 5.41) is 17.3. The van der Waals surface area contributed by atoms with Crippen LogP contribution in [-0.4, -0.2) is 44.3 Å². The van der Waals surface area contributed by atoms with Crippen LogP contribution in [0.4, 0.5) is 0 Å². The largest absolute Gasteiger partial charge is 1.00 e. The van der Waals surface area contributed by atoms with E-state index in [1.807, 2.05) is 0 Å². The average molecular weight is 936 g/mol. The Bertz CT molecular complexity index is 1650. The van der Waals surface area contributed by atoms with Gasteiger partial charge in [-0.15, -0.1) is 0 Å². The molecule has 6 rings (SSSR count). The first-order chi connectivity index (χ1) is 25.5. The molecule has 4 nitrogen and oxygen atoms in total. The molecule has 0 saturated carbocycles. The Labute approximate surface area is 404 Å². The number of unbranched alkanes of at least 4 members (excludes halogenated alkanes) is 1. The number of nitrogens with zero attached hydrogens (tertiary/aromatic N) is 1. The van der Waals surface area contributed by atoms with E-state index in [4.69, 9.17) is 10.1 Å². The summed E-state index contributed by atoms with van der Waals surface area (Å²) in [4.78, 5) is 13.5. The van der Waals surface area contributed by atoms with Crippen LogP contribution in [0.1, 0.15) is 27.6 Å². The van der Waals surface area contributed by atoms with Gasteiger partial charge in [0.2, 0.25) is 0 Å². The van der Waals surface area contributed by atoms with E-state index in [0.717, 1.165) is 6.54 Å². The van der Waals surface area contributed by atoms with Gasteiger partial charge in [0.1, 0.15) is 46.4 Å². The minimum Gasteiger partial charge on any atom is -1.00 e. The number of benzene rings is 6. The Kier molecular flexibility index (Phi) is 29.8. The monoisotopic (exact) mass is 933 g/mol. The van der Waals surface area contributed by atoms with Crippen molar-refractivity contribution in [2.75, 3.05) is 33.0 Å². The van der Waals surface area contributed by atoms with Crippen molar-refractivity contribution in [3.8, 4) is 0 Å². The second-order valence-electron chi connectivity index (χ2n) is 12.8. The van der Waals surface area contributed by atoms with Crippen molar-refractivity contribution < 1.29 is 109 Å². The molecule has 0 unspecified atom stereocenters. The van der Waals surface area contributed by atoms with Crippen molar-refractivity contribution in [2.24, 2.45) is 0 Å². The minimum atomic E-state index is -1.64. The van der Waals surface area contributed by atoms with Crippen molar-refractivity contribution in [1.29, 1.82) is 0 Å².